The van der Waals surface area contributed by atoms with Crippen LogP contribution in [0.15, 0.2) is 30.5 Å². The number of nitrogen functional groups attached to an aromatic ring is 1. The summed E-state index contributed by atoms with van der Waals surface area (Å²) in [7, 11) is 0. The molecule has 1 aliphatic heterocycles. The topological polar surface area (TPSA) is 57.4 Å². The van der Waals surface area contributed by atoms with Gasteiger partial charge in [0.05, 0.1) is 6.61 Å². The minimum atomic E-state index is 0.101. The summed E-state index contributed by atoms with van der Waals surface area (Å²) < 4.78 is 11.4. The molecule has 0 saturated carbocycles. The van der Waals surface area contributed by atoms with Gasteiger partial charge in [0.2, 0.25) is 5.88 Å². The molecule has 1 fully saturated rings. The van der Waals surface area contributed by atoms with Crippen LogP contribution in [0.1, 0.15) is 30.4 Å². The van der Waals surface area contributed by atoms with Gasteiger partial charge in [-0.15, -0.1) is 0 Å². The van der Waals surface area contributed by atoms with Crippen LogP contribution in [-0.2, 0) is 17.6 Å². The van der Waals surface area contributed by atoms with Crippen LogP contribution in [0.4, 0.5) is 5.69 Å². The largest absolute Gasteiger partial charge is 0.472 e. The third-order valence-corrected chi connectivity index (χ3v) is 4.78. The number of anilines is 1. The normalized spacial score (nSPS) is 20.3. The molecule has 2 heterocycles. The predicted molar refractivity (Wildman–Crippen MR) is 90.6 cm³/mol. The van der Waals surface area contributed by atoms with Crippen LogP contribution >= 0.6 is 0 Å². The number of aromatic nitrogens is 1. The zero-order valence-corrected chi connectivity index (χ0v) is 13.3. The van der Waals surface area contributed by atoms with E-state index >= 15 is 0 Å². The van der Waals surface area contributed by atoms with E-state index in [4.69, 9.17) is 15.2 Å². The first-order valence-corrected chi connectivity index (χ1v) is 8.42. The first kappa shape index (κ1) is 14.5. The predicted octanol–water partition coefficient (Wildman–Crippen LogP) is 3.38. The summed E-state index contributed by atoms with van der Waals surface area (Å²) in [6.07, 6.45) is 7.39. The fourth-order valence-corrected chi connectivity index (χ4v) is 3.56. The zero-order chi connectivity index (χ0) is 15.6. The molecule has 1 unspecified atom stereocenters. The van der Waals surface area contributed by atoms with Crippen LogP contribution in [0.5, 0.6) is 5.88 Å². The van der Waals surface area contributed by atoms with Gasteiger partial charge in [-0.1, -0.05) is 12.1 Å². The minimum absolute atomic E-state index is 0.101. The van der Waals surface area contributed by atoms with Gasteiger partial charge in [0.1, 0.15) is 6.10 Å². The standard InChI is InChI=1S/C19H22N2O2/c20-19-16-5-1-3-13(16)6-7-17(19)14-8-9-21-18(11-14)23-15-4-2-10-22-12-15/h6-9,11,15H,1-5,10,12,20H2. The van der Waals surface area contributed by atoms with E-state index in [1.807, 2.05) is 12.1 Å². The number of fused-ring (bicyclic) bond motifs is 1. The maximum absolute atomic E-state index is 6.42. The number of pyridine rings is 1. The van der Waals surface area contributed by atoms with Crippen molar-refractivity contribution >= 4 is 5.69 Å². The Bertz CT molecular complexity index is 709. The monoisotopic (exact) mass is 310 g/mol. The highest BCUT2D eigenvalue weighted by Gasteiger charge is 2.18. The number of benzene rings is 1. The lowest BCUT2D eigenvalue weighted by molar-refractivity contribution is 0.00552. The van der Waals surface area contributed by atoms with Crippen molar-refractivity contribution in [3.8, 4) is 17.0 Å². The van der Waals surface area contributed by atoms with Crippen LogP contribution in [0.3, 0.4) is 0 Å². The van der Waals surface area contributed by atoms with Crippen molar-refractivity contribution in [2.75, 3.05) is 18.9 Å². The summed E-state index contributed by atoms with van der Waals surface area (Å²) in [4.78, 5) is 4.34. The summed E-state index contributed by atoms with van der Waals surface area (Å²) in [5, 5.41) is 0. The first-order chi connectivity index (χ1) is 11.3. The van der Waals surface area contributed by atoms with Gasteiger partial charge in [0.15, 0.2) is 0 Å². The number of hydrogen-bond acceptors (Lipinski definition) is 4. The van der Waals surface area contributed by atoms with Crippen molar-refractivity contribution in [2.24, 2.45) is 0 Å². The second kappa shape index (κ2) is 6.20. The van der Waals surface area contributed by atoms with Crippen molar-refractivity contribution in [1.29, 1.82) is 0 Å². The molecule has 0 bridgehead atoms. The molecule has 1 atom stereocenters. The second-order valence-electron chi connectivity index (χ2n) is 6.36. The molecule has 4 nitrogen and oxygen atoms in total. The Labute approximate surface area is 136 Å². The van der Waals surface area contributed by atoms with Gasteiger partial charge >= 0.3 is 0 Å². The third-order valence-electron chi connectivity index (χ3n) is 4.78. The Kier molecular flexibility index (Phi) is 3.92. The molecule has 2 aromatic rings. The van der Waals surface area contributed by atoms with Gasteiger partial charge in [-0.05, 0) is 54.9 Å². The molecule has 120 valence electrons. The van der Waals surface area contributed by atoms with E-state index in [1.54, 1.807) is 6.20 Å². The summed E-state index contributed by atoms with van der Waals surface area (Å²) in [5.74, 6) is 0.651. The molecule has 0 radical (unpaired) electrons. The van der Waals surface area contributed by atoms with Gasteiger partial charge in [-0.3, -0.25) is 0 Å². The van der Waals surface area contributed by atoms with Crippen molar-refractivity contribution in [3.05, 3.63) is 41.6 Å². The molecule has 1 aromatic heterocycles. The number of aryl methyl sites for hydroxylation is 1. The van der Waals surface area contributed by atoms with E-state index in [1.165, 1.54) is 17.5 Å². The molecular weight excluding hydrogens is 288 g/mol. The maximum atomic E-state index is 6.42. The van der Waals surface area contributed by atoms with Crippen LogP contribution in [0, 0.1) is 0 Å². The summed E-state index contributed by atoms with van der Waals surface area (Å²) in [6.45, 7) is 1.48. The lowest BCUT2D eigenvalue weighted by atomic mass is 9.98. The molecule has 23 heavy (non-hydrogen) atoms. The molecule has 1 saturated heterocycles. The first-order valence-electron chi connectivity index (χ1n) is 8.42. The van der Waals surface area contributed by atoms with Crippen LogP contribution in [0.25, 0.3) is 11.1 Å². The summed E-state index contributed by atoms with van der Waals surface area (Å²) in [5.41, 5.74) is 12.2. The van der Waals surface area contributed by atoms with E-state index in [0.717, 1.165) is 49.1 Å². The Morgan fingerprint density at radius 3 is 3.00 bits per heavy atom. The molecule has 0 amide bonds. The van der Waals surface area contributed by atoms with E-state index in [2.05, 4.69) is 17.1 Å². The van der Waals surface area contributed by atoms with E-state index < -0.39 is 0 Å². The highest BCUT2D eigenvalue weighted by atomic mass is 16.5. The van der Waals surface area contributed by atoms with Crippen molar-refractivity contribution in [1.82, 2.24) is 4.98 Å². The fraction of sp³-hybridized carbons (Fsp3) is 0.421. The third kappa shape index (κ3) is 2.91. The SMILES string of the molecule is Nc1c(-c2ccnc(OC3CCCOC3)c2)ccc2c1CCC2. The highest BCUT2D eigenvalue weighted by Crippen LogP contribution is 2.36. The average Bonchev–Trinajstić information content (AvgIpc) is 3.06. The smallest absolute Gasteiger partial charge is 0.214 e. The molecule has 0 spiro atoms. The number of nitrogens with two attached hydrogens (primary N) is 1. The van der Waals surface area contributed by atoms with Crippen molar-refractivity contribution in [3.63, 3.8) is 0 Å². The van der Waals surface area contributed by atoms with Gasteiger partial charge in [0.25, 0.3) is 0 Å². The molecule has 2 aliphatic rings. The average molecular weight is 310 g/mol. The minimum Gasteiger partial charge on any atom is -0.472 e. The highest BCUT2D eigenvalue weighted by molar-refractivity contribution is 5.80. The maximum Gasteiger partial charge on any atom is 0.214 e. The van der Waals surface area contributed by atoms with E-state index in [-0.39, 0.29) is 6.10 Å². The number of rotatable bonds is 3. The summed E-state index contributed by atoms with van der Waals surface area (Å²) in [6, 6.07) is 8.32. The molecule has 4 heteroatoms. The van der Waals surface area contributed by atoms with Crippen LogP contribution < -0.4 is 10.5 Å². The van der Waals surface area contributed by atoms with Crippen molar-refractivity contribution in [2.45, 2.75) is 38.2 Å². The fourth-order valence-electron chi connectivity index (χ4n) is 3.56. The van der Waals surface area contributed by atoms with Gasteiger partial charge in [-0.2, -0.15) is 0 Å². The number of ether oxygens (including phenoxy) is 2. The van der Waals surface area contributed by atoms with E-state index in [9.17, 15) is 0 Å². The Morgan fingerprint density at radius 1 is 1.17 bits per heavy atom. The molecule has 2 N–H and O–H groups in total. The molecular formula is C19H22N2O2. The number of nitrogens with zero attached hydrogens (tertiary/aromatic N) is 1. The molecule has 1 aliphatic carbocycles. The number of hydrogen-bond donors (Lipinski definition) is 1. The Morgan fingerprint density at radius 2 is 2.13 bits per heavy atom. The Balaban J connectivity index is 1.61. The summed E-state index contributed by atoms with van der Waals surface area (Å²) >= 11 is 0. The van der Waals surface area contributed by atoms with Gasteiger partial charge < -0.3 is 15.2 Å². The lowest BCUT2D eigenvalue weighted by Crippen LogP contribution is -2.28. The Hall–Kier alpha value is -2.07. The van der Waals surface area contributed by atoms with Crippen molar-refractivity contribution < 1.29 is 9.47 Å². The lowest BCUT2D eigenvalue weighted by Gasteiger charge is -2.22. The van der Waals surface area contributed by atoms with Crippen LogP contribution in [0.2, 0.25) is 0 Å². The van der Waals surface area contributed by atoms with Gasteiger partial charge in [0, 0.05) is 30.1 Å². The molecule has 1 aromatic carbocycles. The second-order valence-corrected chi connectivity index (χ2v) is 6.36. The zero-order valence-electron chi connectivity index (χ0n) is 13.3. The quantitative estimate of drug-likeness (QED) is 0.883. The van der Waals surface area contributed by atoms with Crippen LogP contribution in [-0.4, -0.2) is 24.3 Å². The van der Waals surface area contributed by atoms with Gasteiger partial charge in [-0.25, -0.2) is 4.98 Å². The van der Waals surface area contributed by atoms with E-state index in [0.29, 0.717) is 12.5 Å². The molecule has 4 rings (SSSR count).